The minimum absolute atomic E-state index is 0.0949. The lowest BCUT2D eigenvalue weighted by Gasteiger charge is -2.19. The second-order valence-corrected chi connectivity index (χ2v) is 4.76. The summed E-state index contributed by atoms with van der Waals surface area (Å²) in [5, 5.41) is 12.7. The molecule has 4 heteroatoms. The van der Waals surface area contributed by atoms with Crippen molar-refractivity contribution in [1.82, 2.24) is 5.32 Å². The SMILES string of the molecule is CC(C)C(CN)C(=O)NCC(O)c1ccccc1. The lowest BCUT2D eigenvalue weighted by atomic mass is 9.95. The molecule has 2 atom stereocenters. The predicted octanol–water partition coefficient (Wildman–Crippen LogP) is 1.07. The molecule has 0 aliphatic rings. The molecule has 1 rings (SSSR count). The van der Waals surface area contributed by atoms with Gasteiger partial charge in [0.25, 0.3) is 0 Å². The molecule has 100 valence electrons. The van der Waals surface area contributed by atoms with Crippen molar-refractivity contribution >= 4 is 5.91 Å². The Balaban J connectivity index is 2.48. The van der Waals surface area contributed by atoms with Gasteiger partial charge < -0.3 is 16.2 Å². The van der Waals surface area contributed by atoms with Crippen molar-refractivity contribution in [3.05, 3.63) is 35.9 Å². The Morgan fingerprint density at radius 2 is 1.94 bits per heavy atom. The molecule has 0 radical (unpaired) electrons. The smallest absolute Gasteiger partial charge is 0.224 e. The first-order valence-electron chi connectivity index (χ1n) is 6.27. The summed E-state index contributed by atoms with van der Waals surface area (Å²) in [7, 11) is 0. The van der Waals surface area contributed by atoms with Gasteiger partial charge in [-0.05, 0) is 11.5 Å². The third-order valence-electron chi connectivity index (χ3n) is 3.05. The minimum Gasteiger partial charge on any atom is -0.387 e. The number of aliphatic hydroxyl groups is 1. The summed E-state index contributed by atoms with van der Waals surface area (Å²) in [4.78, 5) is 11.8. The van der Waals surface area contributed by atoms with Crippen LogP contribution < -0.4 is 11.1 Å². The minimum atomic E-state index is -0.680. The van der Waals surface area contributed by atoms with Gasteiger partial charge in [0.15, 0.2) is 0 Å². The monoisotopic (exact) mass is 250 g/mol. The number of nitrogens with two attached hydrogens (primary N) is 1. The maximum absolute atomic E-state index is 11.8. The zero-order chi connectivity index (χ0) is 13.5. The van der Waals surface area contributed by atoms with Crippen LogP contribution >= 0.6 is 0 Å². The highest BCUT2D eigenvalue weighted by atomic mass is 16.3. The molecule has 0 saturated heterocycles. The van der Waals surface area contributed by atoms with Gasteiger partial charge in [0.1, 0.15) is 0 Å². The fraction of sp³-hybridized carbons (Fsp3) is 0.500. The van der Waals surface area contributed by atoms with Gasteiger partial charge in [-0.2, -0.15) is 0 Å². The van der Waals surface area contributed by atoms with Crippen molar-refractivity contribution in [3.63, 3.8) is 0 Å². The van der Waals surface area contributed by atoms with Crippen molar-refractivity contribution < 1.29 is 9.90 Å². The van der Waals surface area contributed by atoms with E-state index in [4.69, 9.17) is 5.73 Å². The first kappa shape index (κ1) is 14.7. The maximum Gasteiger partial charge on any atom is 0.224 e. The van der Waals surface area contributed by atoms with E-state index in [1.807, 2.05) is 44.2 Å². The summed E-state index contributed by atoms with van der Waals surface area (Å²) >= 11 is 0. The van der Waals surface area contributed by atoms with E-state index in [0.29, 0.717) is 6.54 Å². The van der Waals surface area contributed by atoms with Crippen molar-refractivity contribution in [2.45, 2.75) is 20.0 Å². The van der Waals surface area contributed by atoms with Crippen LogP contribution in [0.4, 0.5) is 0 Å². The Kier molecular flexibility index (Phi) is 5.82. The van der Waals surface area contributed by atoms with Crippen molar-refractivity contribution in [2.75, 3.05) is 13.1 Å². The number of hydrogen-bond donors (Lipinski definition) is 3. The molecule has 0 spiro atoms. The van der Waals surface area contributed by atoms with E-state index >= 15 is 0 Å². The molecule has 0 saturated carbocycles. The van der Waals surface area contributed by atoms with E-state index < -0.39 is 6.10 Å². The van der Waals surface area contributed by atoms with Gasteiger partial charge in [0.2, 0.25) is 5.91 Å². The Morgan fingerprint density at radius 3 is 2.44 bits per heavy atom. The number of carbonyl (C=O) groups is 1. The summed E-state index contributed by atoms with van der Waals surface area (Å²) in [5.74, 6) is -0.0978. The summed E-state index contributed by atoms with van der Waals surface area (Å²) < 4.78 is 0. The summed E-state index contributed by atoms with van der Waals surface area (Å²) in [6.45, 7) is 4.46. The number of rotatable bonds is 6. The number of hydrogen-bond acceptors (Lipinski definition) is 3. The molecule has 4 N–H and O–H groups in total. The Hall–Kier alpha value is -1.39. The van der Waals surface area contributed by atoms with Crippen LogP contribution in [0.1, 0.15) is 25.5 Å². The zero-order valence-corrected chi connectivity index (χ0v) is 11.0. The van der Waals surface area contributed by atoms with E-state index in [1.165, 1.54) is 0 Å². The first-order chi connectivity index (χ1) is 8.56. The highest BCUT2D eigenvalue weighted by Crippen LogP contribution is 2.12. The van der Waals surface area contributed by atoms with Gasteiger partial charge in [-0.25, -0.2) is 0 Å². The number of nitrogens with one attached hydrogen (secondary N) is 1. The molecule has 4 nitrogen and oxygen atoms in total. The van der Waals surface area contributed by atoms with E-state index in [2.05, 4.69) is 5.32 Å². The van der Waals surface area contributed by atoms with E-state index in [1.54, 1.807) is 0 Å². The standard InChI is InChI=1S/C14H22N2O2/c1-10(2)12(8-15)14(18)16-9-13(17)11-6-4-3-5-7-11/h3-7,10,12-13,17H,8-9,15H2,1-2H3,(H,16,18). The second-order valence-electron chi connectivity index (χ2n) is 4.76. The largest absolute Gasteiger partial charge is 0.387 e. The van der Waals surface area contributed by atoms with Crippen LogP contribution in [0.3, 0.4) is 0 Å². The molecule has 0 aliphatic heterocycles. The molecule has 1 aromatic carbocycles. The predicted molar refractivity (Wildman–Crippen MR) is 71.8 cm³/mol. The number of aliphatic hydroxyl groups excluding tert-OH is 1. The van der Waals surface area contributed by atoms with Crippen LogP contribution in [0.5, 0.6) is 0 Å². The molecule has 0 heterocycles. The van der Waals surface area contributed by atoms with E-state index in [0.717, 1.165) is 5.56 Å². The third-order valence-corrected chi connectivity index (χ3v) is 3.05. The molecule has 1 aromatic rings. The second kappa shape index (κ2) is 7.13. The molecular weight excluding hydrogens is 228 g/mol. The highest BCUT2D eigenvalue weighted by Gasteiger charge is 2.20. The molecular formula is C14H22N2O2. The third kappa shape index (κ3) is 4.13. The lowest BCUT2D eigenvalue weighted by molar-refractivity contribution is -0.126. The van der Waals surface area contributed by atoms with Crippen LogP contribution in [-0.4, -0.2) is 24.1 Å². The number of benzene rings is 1. The molecule has 18 heavy (non-hydrogen) atoms. The lowest BCUT2D eigenvalue weighted by Crippen LogP contribution is -2.39. The van der Waals surface area contributed by atoms with Crippen LogP contribution in [-0.2, 0) is 4.79 Å². The first-order valence-corrected chi connectivity index (χ1v) is 6.27. The van der Waals surface area contributed by atoms with Gasteiger partial charge in [0, 0.05) is 13.1 Å². The number of carbonyl (C=O) groups excluding carboxylic acids is 1. The Bertz CT molecular complexity index is 365. The van der Waals surface area contributed by atoms with Gasteiger partial charge >= 0.3 is 0 Å². The van der Waals surface area contributed by atoms with Crippen LogP contribution in [0.2, 0.25) is 0 Å². The summed E-state index contributed by atoms with van der Waals surface area (Å²) in [5.41, 5.74) is 6.37. The van der Waals surface area contributed by atoms with Crippen molar-refractivity contribution in [2.24, 2.45) is 17.6 Å². The van der Waals surface area contributed by atoms with Gasteiger partial charge in [0.05, 0.1) is 12.0 Å². The summed E-state index contributed by atoms with van der Waals surface area (Å²) in [6, 6.07) is 9.27. The quantitative estimate of drug-likeness (QED) is 0.707. The Labute approximate surface area is 108 Å². The number of amides is 1. The summed E-state index contributed by atoms with van der Waals surface area (Å²) in [6.07, 6.45) is -0.680. The molecule has 0 aliphatic carbocycles. The average Bonchev–Trinajstić information content (AvgIpc) is 2.37. The fourth-order valence-corrected chi connectivity index (χ4v) is 1.80. The van der Waals surface area contributed by atoms with Gasteiger partial charge in [-0.3, -0.25) is 4.79 Å². The normalized spacial score (nSPS) is 14.3. The highest BCUT2D eigenvalue weighted by molar-refractivity contribution is 5.79. The molecule has 0 fully saturated rings. The molecule has 1 amide bonds. The van der Waals surface area contributed by atoms with Gasteiger partial charge in [-0.15, -0.1) is 0 Å². The van der Waals surface area contributed by atoms with Crippen molar-refractivity contribution in [1.29, 1.82) is 0 Å². The topological polar surface area (TPSA) is 75.4 Å². The van der Waals surface area contributed by atoms with E-state index in [-0.39, 0.29) is 24.3 Å². The zero-order valence-electron chi connectivity index (χ0n) is 11.0. The average molecular weight is 250 g/mol. The van der Waals surface area contributed by atoms with Gasteiger partial charge in [-0.1, -0.05) is 44.2 Å². The van der Waals surface area contributed by atoms with Crippen LogP contribution in [0.25, 0.3) is 0 Å². The van der Waals surface area contributed by atoms with E-state index in [9.17, 15) is 9.90 Å². The Morgan fingerprint density at radius 1 is 1.33 bits per heavy atom. The molecule has 0 bridgehead atoms. The van der Waals surface area contributed by atoms with Crippen molar-refractivity contribution in [3.8, 4) is 0 Å². The maximum atomic E-state index is 11.8. The van der Waals surface area contributed by atoms with Crippen LogP contribution in [0.15, 0.2) is 30.3 Å². The molecule has 0 aromatic heterocycles. The molecule has 2 unspecified atom stereocenters. The fourth-order valence-electron chi connectivity index (χ4n) is 1.80. The van der Waals surface area contributed by atoms with Crippen LogP contribution in [0, 0.1) is 11.8 Å².